The molecule has 94 valence electrons. The topological polar surface area (TPSA) is 70.7 Å². The van der Waals surface area contributed by atoms with Gasteiger partial charge in [-0.05, 0) is 56.7 Å². The molecule has 0 aliphatic carbocycles. The summed E-state index contributed by atoms with van der Waals surface area (Å²) in [5, 5.41) is 9.32. The van der Waals surface area contributed by atoms with E-state index in [-0.39, 0.29) is 11.7 Å². The first-order valence-electron chi connectivity index (χ1n) is 5.28. The van der Waals surface area contributed by atoms with Crippen LogP contribution in [0.3, 0.4) is 0 Å². The largest absolute Gasteiger partial charge is 0.319 e. The molecule has 7 heteroatoms. The summed E-state index contributed by atoms with van der Waals surface area (Å²) in [6, 6.07) is 5.58. The fourth-order valence-electron chi connectivity index (χ4n) is 1.32. The third-order valence-electron chi connectivity index (χ3n) is 2.25. The molecule has 0 radical (unpaired) electrons. The number of carbonyl (C=O) groups excluding carboxylic acids is 1. The van der Waals surface area contributed by atoms with Crippen molar-refractivity contribution in [2.75, 3.05) is 5.32 Å². The van der Waals surface area contributed by atoms with Crippen molar-refractivity contribution in [1.29, 1.82) is 0 Å². The molecule has 0 saturated carbocycles. The van der Waals surface area contributed by atoms with Crippen LogP contribution in [0.2, 0.25) is 0 Å². The van der Waals surface area contributed by atoms with Gasteiger partial charge >= 0.3 is 0 Å². The first-order valence-corrected chi connectivity index (χ1v) is 7.15. The number of aromatic amines is 1. The van der Waals surface area contributed by atoms with Gasteiger partial charge in [0.15, 0.2) is 0 Å². The zero-order chi connectivity index (χ0) is 13.1. The van der Waals surface area contributed by atoms with Gasteiger partial charge in [0.2, 0.25) is 5.82 Å². The number of H-pyrrole nitrogens is 1. The Labute approximate surface area is 126 Å². The number of aryl methyl sites for hydroxylation is 1. The number of hydrogen-bond acceptors (Lipinski definition) is 3. The maximum Gasteiger partial charge on any atom is 0.295 e. The van der Waals surface area contributed by atoms with E-state index in [1.165, 1.54) is 0 Å². The van der Waals surface area contributed by atoms with Crippen molar-refractivity contribution in [1.82, 2.24) is 15.2 Å². The van der Waals surface area contributed by atoms with E-state index >= 15 is 0 Å². The van der Waals surface area contributed by atoms with Gasteiger partial charge in [0, 0.05) is 20.2 Å². The van der Waals surface area contributed by atoms with Crippen LogP contribution in [-0.4, -0.2) is 21.1 Å². The summed E-state index contributed by atoms with van der Waals surface area (Å²) in [5.41, 5.74) is 0.704. The zero-order valence-electron chi connectivity index (χ0n) is 9.50. The molecule has 2 rings (SSSR count). The van der Waals surface area contributed by atoms with Crippen LogP contribution in [-0.2, 0) is 6.42 Å². The number of benzene rings is 1. The first-order chi connectivity index (χ1) is 8.60. The molecule has 2 aromatic rings. The first kappa shape index (κ1) is 13.5. The molecule has 0 fully saturated rings. The SMILES string of the molecule is CCc1nc(C(=O)Nc2ccc(I)c(Br)c2)n[nH]1. The number of amides is 1. The lowest BCUT2D eigenvalue weighted by Gasteiger charge is -2.04. The number of halogens is 2. The van der Waals surface area contributed by atoms with E-state index in [2.05, 4.69) is 59.0 Å². The van der Waals surface area contributed by atoms with Crippen LogP contribution in [0.15, 0.2) is 22.7 Å². The molecule has 0 spiro atoms. The molecule has 0 aliphatic heterocycles. The van der Waals surface area contributed by atoms with Crippen LogP contribution < -0.4 is 5.32 Å². The minimum atomic E-state index is -0.320. The summed E-state index contributed by atoms with van der Waals surface area (Å²) in [7, 11) is 0. The molecule has 0 aliphatic rings. The van der Waals surface area contributed by atoms with Crippen LogP contribution in [0.25, 0.3) is 0 Å². The summed E-state index contributed by atoms with van der Waals surface area (Å²) in [6.07, 6.45) is 0.718. The van der Waals surface area contributed by atoms with E-state index in [0.29, 0.717) is 11.5 Å². The monoisotopic (exact) mass is 420 g/mol. The quantitative estimate of drug-likeness (QED) is 0.750. The van der Waals surface area contributed by atoms with Crippen molar-refractivity contribution in [2.24, 2.45) is 0 Å². The Balaban J connectivity index is 2.13. The number of carbonyl (C=O) groups is 1. The second-order valence-corrected chi connectivity index (χ2v) is 5.56. The lowest BCUT2D eigenvalue weighted by Crippen LogP contribution is -2.13. The van der Waals surface area contributed by atoms with Gasteiger partial charge in [0.25, 0.3) is 5.91 Å². The highest BCUT2D eigenvalue weighted by Crippen LogP contribution is 2.23. The standard InChI is InChI=1S/C11H10BrIN4O/c1-2-9-15-10(17-16-9)11(18)14-6-3-4-8(13)7(12)5-6/h3-5H,2H2,1H3,(H,14,18)(H,15,16,17). The number of aromatic nitrogens is 3. The predicted octanol–water partition coefficient (Wildman–Crippen LogP) is 2.99. The fourth-order valence-corrected chi connectivity index (χ4v) is 2.03. The van der Waals surface area contributed by atoms with E-state index in [9.17, 15) is 4.79 Å². The molecule has 1 amide bonds. The Kier molecular flexibility index (Phi) is 4.33. The smallest absolute Gasteiger partial charge is 0.295 e. The van der Waals surface area contributed by atoms with Crippen LogP contribution in [0.1, 0.15) is 23.4 Å². The minimum Gasteiger partial charge on any atom is -0.319 e. The molecule has 2 N–H and O–H groups in total. The van der Waals surface area contributed by atoms with Gasteiger partial charge < -0.3 is 5.32 Å². The van der Waals surface area contributed by atoms with Gasteiger partial charge in [-0.15, -0.1) is 5.10 Å². The Morgan fingerprint density at radius 2 is 2.33 bits per heavy atom. The van der Waals surface area contributed by atoms with E-state index in [4.69, 9.17) is 0 Å². The third-order valence-corrected chi connectivity index (χ3v) is 4.59. The Morgan fingerprint density at radius 3 is 2.94 bits per heavy atom. The zero-order valence-corrected chi connectivity index (χ0v) is 13.2. The summed E-state index contributed by atoms with van der Waals surface area (Å²) in [5.74, 6) is 0.532. The maximum absolute atomic E-state index is 11.9. The van der Waals surface area contributed by atoms with Gasteiger partial charge in [-0.3, -0.25) is 9.89 Å². The lowest BCUT2D eigenvalue weighted by molar-refractivity contribution is 0.101. The molecule has 0 bridgehead atoms. The molecule has 5 nitrogen and oxygen atoms in total. The molecular weight excluding hydrogens is 411 g/mol. The second-order valence-electron chi connectivity index (χ2n) is 3.54. The van der Waals surface area contributed by atoms with Gasteiger partial charge in [0.05, 0.1) is 0 Å². The molecule has 0 atom stereocenters. The third kappa shape index (κ3) is 3.08. The Morgan fingerprint density at radius 1 is 1.56 bits per heavy atom. The maximum atomic E-state index is 11.9. The van der Waals surface area contributed by atoms with Gasteiger partial charge in [-0.1, -0.05) is 6.92 Å². The Hall–Kier alpha value is -0.960. The van der Waals surface area contributed by atoms with Crippen LogP contribution in [0.5, 0.6) is 0 Å². The minimum absolute atomic E-state index is 0.154. The lowest BCUT2D eigenvalue weighted by atomic mass is 10.3. The molecule has 0 unspecified atom stereocenters. The number of rotatable bonds is 3. The molecule has 0 saturated heterocycles. The predicted molar refractivity (Wildman–Crippen MR) is 80.6 cm³/mol. The number of anilines is 1. The van der Waals surface area contributed by atoms with Crippen molar-refractivity contribution in [2.45, 2.75) is 13.3 Å². The summed E-state index contributed by atoms with van der Waals surface area (Å²) in [4.78, 5) is 15.9. The van der Waals surface area contributed by atoms with Gasteiger partial charge in [-0.25, -0.2) is 4.98 Å². The highest BCUT2D eigenvalue weighted by molar-refractivity contribution is 14.1. The van der Waals surface area contributed by atoms with E-state index in [1.54, 1.807) is 0 Å². The molecule has 18 heavy (non-hydrogen) atoms. The summed E-state index contributed by atoms with van der Waals surface area (Å²) < 4.78 is 2.02. The summed E-state index contributed by atoms with van der Waals surface area (Å²) in [6.45, 7) is 1.94. The second kappa shape index (κ2) is 5.79. The van der Waals surface area contributed by atoms with E-state index in [1.807, 2.05) is 25.1 Å². The van der Waals surface area contributed by atoms with Crippen molar-refractivity contribution in [3.63, 3.8) is 0 Å². The average molecular weight is 421 g/mol. The van der Waals surface area contributed by atoms with Crippen molar-refractivity contribution in [3.05, 3.63) is 37.9 Å². The fraction of sp³-hybridized carbons (Fsp3) is 0.182. The number of nitrogens with one attached hydrogen (secondary N) is 2. The highest BCUT2D eigenvalue weighted by atomic mass is 127. The number of hydrogen-bond donors (Lipinski definition) is 2. The number of nitrogens with zero attached hydrogens (tertiary/aromatic N) is 2. The van der Waals surface area contributed by atoms with Crippen LogP contribution in [0.4, 0.5) is 5.69 Å². The van der Waals surface area contributed by atoms with Gasteiger partial charge in [0.1, 0.15) is 5.82 Å². The molecular formula is C11H10BrIN4O. The average Bonchev–Trinajstić information content (AvgIpc) is 2.82. The van der Waals surface area contributed by atoms with Crippen molar-refractivity contribution in [3.8, 4) is 0 Å². The van der Waals surface area contributed by atoms with E-state index < -0.39 is 0 Å². The molecule has 1 aromatic carbocycles. The van der Waals surface area contributed by atoms with Crippen molar-refractivity contribution >= 4 is 50.1 Å². The summed E-state index contributed by atoms with van der Waals surface area (Å²) >= 11 is 5.62. The van der Waals surface area contributed by atoms with Gasteiger partial charge in [-0.2, -0.15) is 0 Å². The normalized spacial score (nSPS) is 10.4. The van der Waals surface area contributed by atoms with Crippen LogP contribution in [0, 0.1) is 3.57 Å². The molecule has 1 aromatic heterocycles. The Bertz CT molecular complexity index is 584. The molecule has 1 heterocycles. The highest BCUT2D eigenvalue weighted by Gasteiger charge is 2.12. The van der Waals surface area contributed by atoms with Crippen molar-refractivity contribution < 1.29 is 4.79 Å². The van der Waals surface area contributed by atoms with E-state index in [0.717, 1.165) is 14.5 Å². The van der Waals surface area contributed by atoms with Crippen LogP contribution >= 0.6 is 38.5 Å².